The number of piperidine rings is 1. The van der Waals surface area contributed by atoms with E-state index in [1.807, 2.05) is 60.7 Å². The van der Waals surface area contributed by atoms with Crippen LogP contribution in [0.4, 0.5) is 5.69 Å². The number of rotatable bonds is 4. The highest BCUT2D eigenvalue weighted by Gasteiger charge is 2.41. The normalized spacial score (nSPS) is 15.0. The largest absolute Gasteiger partial charge is 0.380 e. The molecule has 3 aromatic carbocycles. The molecule has 1 fully saturated rings. The van der Waals surface area contributed by atoms with Crippen LogP contribution in [0.25, 0.3) is 0 Å². The van der Waals surface area contributed by atoms with Gasteiger partial charge in [-0.15, -0.1) is 0 Å². The van der Waals surface area contributed by atoms with Crippen LogP contribution < -0.4 is 5.32 Å². The van der Waals surface area contributed by atoms with E-state index in [2.05, 4.69) is 42.3 Å². The van der Waals surface area contributed by atoms with Crippen molar-refractivity contribution in [3.63, 3.8) is 0 Å². The average Bonchev–Trinajstić information content (AvgIpc) is 2.82. The SMILES string of the molecule is Cc1ccc(NC(=S)N2CCC(C(O)(c3ccccc3)c3ccccc3)CC2)cc1C. The topological polar surface area (TPSA) is 35.5 Å². The molecule has 0 amide bonds. The highest BCUT2D eigenvalue weighted by molar-refractivity contribution is 7.80. The third kappa shape index (κ3) is 4.51. The minimum absolute atomic E-state index is 0.123. The molecule has 0 aliphatic carbocycles. The van der Waals surface area contributed by atoms with Crippen LogP contribution in [0.3, 0.4) is 0 Å². The van der Waals surface area contributed by atoms with E-state index in [9.17, 15) is 5.11 Å². The maximum absolute atomic E-state index is 12.0. The second kappa shape index (κ2) is 9.21. The third-order valence-corrected chi connectivity index (χ3v) is 6.92. The zero-order valence-electron chi connectivity index (χ0n) is 18.2. The molecule has 0 saturated carbocycles. The number of nitrogens with one attached hydrogen (secondary N) is 1. The van der Waals surface area contributed by atoms with Crippen LogP contribution in [0.5, 0.6) is 0 Å². The first-order chi connectivity index (χ1) is 15.0. The summed E-state index contributed by atoms with van der Waals surface area (Å²) in [5.74, 6) is 0.123. The molecule has 31 heavy (non-hydrogen) atoms. The van der Waals surface area contributed by atoms with Crippen molar-refractivity contribution in [3.05, 3.63) is 101 Å². The Morgan fingerprint density at radius 3 is 1.94 bits per heavy atom. The Morgan fingerprint density at radius 2 is 1.42 bits per heavy atom. The zero-order valence-corrected chi connectivity index (χ0v) is 19.0. The van der Waals surface area contributed by atoms with E-state index < -0.39 is 5.60 Å². The predicted molar refractivity (Wildman–Crippen MR) is 132 cm³/mol. The fourth-order valence-corrected chi connectivity index (χ4v) is 4.85. The number of nitrogens with zero attached hydrogens (tertiary/aromatic N) is 1. The van der Waals surface area contributed by atoms with Crippen LogP contribution in [0.15, 0.2) is 78.9 Å². The summed E-state index contributed by atoms with van der Waals surface area (Å²) in [5, 5.41) is 16.2. The van der Waals surface area contributed by atoms with Crippen LogP contribution in [-0.4, -0.2) is 28.2 Å². The molecule has 0 radical (unpaired) electrons. The first-order valence-electron chi connectivity index (χ1n) is 10.9. The maximum atomic E-state index is 12.0. The Morgan fingerprint density at radius 1 is 0.871 bits per heavy atom. The van der Waals surface area contributed by atoms with Gasteiger partial charge in [-0.25, -0.2) is 0 Å². The van der Waals surface area contributed by atoms with Crippen LogP contribution in [0.2, 0.25) is 0 Å². The molecule has 160 valence electrons. The van der Waals surface area contributed by atoms with Gasteiger partial charge in [0.1, 0.15) is 5.60 Å². The van der Waals surface area contributed by atoms with E-state index in [0.717, 1.165) is 47.9 Å². The van der Waals surface area contributed by atoms with Crippen molar-refractivity contribution >= 4 is 23.0 Å². The minimum atomic E-state index is -1.00. The minimum Gasteiger partial charge on any atom is -0.380 e. The van der Waals surface area contributed by atoms with Crippen LogP contribution >= 0.6 is 12.2 Å². The Hall–Kier alpha value is -2.69. The maximum Gasteiger partial charge on any atom is 0.173 e. The molecule has 1 saturated heterocycles. The Bertz CT molecular complexity index is 988. The molecular weight excluding hydrogens is 400 g/mol. The van der Waals surface area contributed by atoms with Gasteiger partial charge in [-0.05, 0) is 79.2 Å². The van der Waals surface area contributed by atoms with Crippen molar-refractivity contribution in [2.24, 2.45) is 5.92 Å². The van der Waals surface area contributed by atoms with Crippen molar-refractivity contribution in [2.45, 2.75) is 32.3 Å². The van der Waals surface area contributed by atoms with Crippen LogP contribution in [0, 0.1) is 19.8 Å². The average molecular weight is 431 g/mol. The molecule has 1 aliphatic heterocycles. The van der Waals surface area contributed by atoms with Gasteiger partial charge in [0.2, 0.25) is 0 Å². The fourth-order valence-electron chi connectivity index (χ4n) is 4.54. The van der Waals surface area contributed by atoms with E-state index in [-0.39, 0.29) is 5.92 Å². The summed E-state index contributed by atoms with van der Waals surface area (Å²) in [6, 6.07) is 26.5. The quantitative estimate of drug-likeness (QED) is 0.525. The van der Waals surface area contributed by atoms with Crippen molar-refractivity contribution < 1.29 is 5.11 Å². The second-order valence-corrected chi connectivity index (χ2v) is 8.88. The highest BCUT2D eigenvalue weighted by atomic mass is 32.1. The van der Waals surface area contributed by atoms with Crippen LogP contribution in [0.1, 0.15) is 35.1 Å². The lowest BCUT2D eigenvalue weighted by molar-refractivity contribution is -0.00631. The number of hydrogen-bond acceptors (Lipinski definition) is 2. The van der Waals surface area contributed by atoms with Crippen molar-refractivity contribution in [1.82, 2.24) is 4.90 Å². The summed E-state index contributed by atoms with van der Waals surface area (Å²) in [4.78, 5) is 2.22. The van der Waals surface area contributed by atoms with E-state index >= 15 is 0 Å². The van der Waals surface area contributed by atoms with E-state index in [4.69, 9.17) is 12.2 Å². The highest BCUT2D eigenvalue weighted by Crippen LogP contribution is 2.41. The third-order valence-electron chi connectivity index (χ3n) is 6.56. The van der Waals surface area contributed by atoms with E-state index in [1.165, 1.54) is 11.1 Å². The number of likely N-dealkylation sites (tertiary alicyclic amines) is 1. The summed E-state index contributed by atoms with van der Waals surface area (Å²) in [6.45, 7) is 5.87. The summed E-state index contributed by atoms with van der Waals surface area (Å²) in [7, 11) is 0. The summed E-state index contributed by atoms with van der Waals surface area (Å²) >= 11 is 5.70. The Balaban J connectivity index is 1.49. The molecule has 0 bridgehead atoms. The monoisotopic (exact) mass is 430 g/mol. The number of aliphatic hydroxyl groups is 1. The number of thiocarbonyl (C=S) groups is 1. The van der Waals surface area contributed by atoms with Gasteiger partial charge in [-0.2, -0.15) is 0 Å². The molecule has 4 heteroatoms. The van der Waals surface area contributed by atoms with Gasteiger partial charge in [-0.1, -0.05) is 66.7 Å². The van der Waals surface area contributed by atoms with Gasteiger partial charge in [0.25, 0.3) is 0 Å². The van der Waals surface area contributed by atoms with E-state index in [0.29, 0.717) is 0 Å². The van der Waals surface area contributed by atoms with Crippen molar-refractivity contribution in [3.8, 4) is 0 Å². The molecule has 1 aliphatic rings. The molecular formula is C27H30N2OS. The lowest BCUT2D eigenvalue weighted by Crippen LogP contribution is -2.47. The molecule has 2 N–H and O–H groups in total. The summed E-state index contributed by atoms with van der Waals surface area (Å²) in [6.07, 6.45) is 1.74. The lowest BCUT2D eigenvalue weighted by Gasteiger charge is -2.43. The number of aryl methyl sites for hydroxylation is 2. The summed E-state index contributed by atoms with van der Waals surface area (Å²) < 4.78 is 0. The predicted octanol–water partition coefficient (Wildman–Crippen LogP) is 5.65. The van der Waals surface area contributed by atoms with Gasteiger partial charge < -0.3 is 15.3 Å². The molecule has 3 aromatic rings. The van der Waals surface area contributed by atoms with Gasteiger partial charge in [0.05, 0.1) is 0 Å². The van der Waals surface area contributed by atoms with Gasteiger partial charge >= 0.3 is 0 Å². The lowest BCUT2D eigenvalue weighted by atomic mass is 9.72. The molecule has 0 aromatic heterocycles. The van der Waals surface area contributed by atoms with Crippen molar-refractivity contribution in [2.75, 3.05) is 18.4 Å². The van der Waals surface area contributed by atoms with Crippen LogP contribution in [-0.2, 0) is 5.60 Å². The van der Waals surface area contributed by atoms with Crippen molar-refractivity contribution in [1.29, 1.82) is 0 Å². The second-order valence-electron chi connectivity index (χ2n) is 8.49. The fraction of sp³-hybridized carbons (Fsp3) is 0.296. The van der Waals surface area contributed by atoms with Gasteiger partial charge in [-0.3, -0.25) is 0 Å². The molecule has 1 heterocycles. The van der Waals surface area contributed by atoms with Gasteiger partial charge in [0, 0.05) is 18.8 Å². The Kier molecular flexibility index (Phi) is 6.40. The summed E-state index contributed by atoms with van der Waals surface area (Å²) in [5.41, 5.74) is 4.46. The molecule has 0 atom stereocenters. The standard InChI is InChI=1S/C27H30N2OS/c1-20-13-14-25(19-21(20)2)28-26(31)29-17-15-24(16-18-29)27(30,22-9-5-3-6-10-22)23-11-7-4-8-12-23/h3-14,19,24,30H,15-18H2,1-2H3,(H,28,31). The number of hydrogen-bond donors (Lipinski definition) is 2. The molecule has 3 nitrogen and oxygen atoms in total. The smallest absolute Gasteiger partial charge is 0.173 e. The molecule has 0 spiro atoms. The van der Waals surface area contributed by atoms with Gasteiger partial charge in [0.15, 0.2) is 5.11 Å². The molecule has 0 unspecified atom stereocenters. The van der Waals surface area contributed by atoms with E-state index in [1.54, 1.807) is 0 Å². The molecule has 4 rings (SSSR count). The number of anilines is 1. The number of benzene rings is 3. The Labute approximate surface area is 190 Å². The zero-order chi connectivity index (χ0) is 21.8. The first-order valence-corrected chi connectivity index (χ1v) is 11.4. The first kappa shape index (κ1) is 21.5.